The van der Waals surface area contributed by atoms with Crippen molar-refractivity contribution in [2.75, 3.05) is 32.0 Å². The molecule has 2 rings (SSSR count). The zero-order valence-electron chi connectivity index (χ0n) is 13.1. The van der Waals surface area contributed by atoms with Crippen LogP contribution in [0.3, 0.4) is 0 Å². The van der Waals surface area contributed by atoms with Gasteiger partial charge in [0.2, 0.25) is 0 Å². The molecule has 21 heavy (non-hydrogen) atoms. The van der Waals surface area contributed by atoms with Crippen molar-refractivity contribution in [1.29, 1.82) is 0 Å². The van der Waals surface area contributed by atoms with E-state index in [2.05, 4.69) is 47.8 Å². The molecule has 1 aliphatic rings. The van der Waals surface area contributed by atoms with Crippen LogP contribution in [0, 0.1) is 0 Å². The van der Waals surface area contributed by atoms with Crippen molar-refractivity contribution in [3.8, 4) is 0 Å². The van der Waals surface area contributed by atoms with Gasteiger partial charge in [-0.15, -0.1) is 0 Å². The Labute approximate surface area is 127 Å². The lowest BCUT2D eigenvalue weighted by molar-refractivity contribution is 0.248. The van der Waals surface area contributed by atoms with Crippen LogP contribution in [0.2, 0.25) is 0 Å². The lowest BCUT2D eigenvalue weighted by Crippen LogP contribution is -2.39. The van der Waals surface area contributed by atoms with E-state index in [0.29, 0.717) is 0 Å². The van der Waals surface area contributed by atoms with Gasteiger partial charge in [0.15, 0.2) is 0 Å². The number of anilines is 1. The van der Waals surface area contributed by atoms with Gasteiger partial charge in [-0.25, -0.2) is 4.79 Å². The highest BCUT2D eigenvalue weighted by Gasteiger charge is 2.20. The topological polar surface area (TPSA) is 56.4 Å². The molecule has 0 aromatic heterocycles. The van der Waals surface area contributed by atoms with Crippen LogP contribution in [0.15, 0.2) is 24.3 Å². The highest BCUT2D eigenvalue weighted by molar-refractivity contribution is 5.89. The Hall–Kier alpha value is -1.59. The number of carbonyl (C=O) groups is 1. The number of nitrogens with zero attached hydrogens (tertiary/aromatic N) is 1. The van der Waals surface area contributed by atoms with Crippen LogP contribution in [0.5, 0.6) is 0 Å². The first-order valence-electron chi connectivity index (χ1n) is 7.68. The molecule has 0 bridgehead atoms. The molecular formula is C16H26N4O. The van der Waals surface area contributed by atoms with E-state index in [0.717, 1.165) is 31.7 Å². The third-order valence-electron chi connectivity index (χ3n) is 3.88. The third kappa shape index (κ3) is 4.72. The average molecular weight is 290 g/mol. The molecule has 2 amide bonds. The maximum Gasteiger partial charge on any atom is 0.319 e. The number of likely N-dealkylation sites (tertiary alicyclic amines) is 1. The van der Waals surface area contributed by atoms with Crippen LogP contribution in [0.1, 0.15) is 31.9 Å². The molecule has 0 saturated carbocycles. The summed E-state index contributed by atoms with van der Waals surface area (Å²) in [5.41, 5.74) is 2.01. The minimum Gasteiger partial charge on any atom is -0.334 e. The number of nitrogens with one attached hydrogen (secondary N) is 3. The predicted octanol–water partition coefficient (Wildman–Crippen LogP) is 2.18. The van der Waals surface area contributed by atoms with Gasteiger partial charge < -0.3 is 20.9 Å². The van der Waals surface area contributed by atoms with Gasteiger partial charge in [0.1, 0.15) is 0 Å². The Bertz CT molecular complexity index is 477. The van der Waals surface area contributed by atoms with E-state index in [1.165, 1.54) is 5.56 Å². The monoisotopic (exact) mass is 290 g/mol. The molecule has 0 radical (unpaired) electrons. The average Bonchev–Trinajstić information content (AvgIpc) is 2.84. The van der Waals surface area contributed by atoms with E-state index in [1.807, 2.05) is 18.2 Å². The summed E-state index contributed by atoms with van der Waals surface area (Å²) >= 11 is 0. The number of hydrogen-bond acceptors (Lipinski definition) is 3. The highest BCUT2D eigenvalue weighted by Crippen LogP contribution is 2.17. The Kier molecular flexibility index (Phi) is 5.59. The van der Waals surface area contributed by atoms with Gasteiger partial charge in [0.05, 0.1) is 0 Å². The van der Waals surface area contributed by atoms with E-state index < -0.39 is 0 Å². The maximum absolute atomic E-state index is 12.0. The molecule has 0 aliphatic carbocycles. The summed E-state index contributed by atoms with van der Waals surface area (Å²) < 4.78 is 0. The van der Waals surface area contributed by atoms with Crippen molar-refractivity contribution < 1.29 is 4.79 Å². The normalized spacial score (nSPS) is 20.2. The predicted molar refractivity (Wildman–Crippen MR) is 86.6 cm³/mol. The van der Waals surface area contributed by atoms with E-state index >= 15 is 0 Å². The van der Waals surface area contributed by atoms with Gasteiger partial charge in [-0.2, -0.15) is 0 Å². The summed E-state index contributed by atoms with van der Waals surface area (Å²) in [4.78, 5) is 14.3. The fourth-order valence-corrected chi connectivity index (χ4v) is 2.72. The summed E-state index contributed by atoms with van der Waals surface area (Å²) in [6, 6.07) is 8.39. The number of urea groups is 1. The molecule has 116 valence electrons. The van der Waals surface area contributed by atoms with Crippen molar-refractivity contribution in [3.05, 3.63) is 29.8 Å². The largest absolute Gasteiger partial charge is 0.334 e. The first-order valence-corrected chi connectivity index (χ1v) is 7.68. The van der Waals surface area contributed by atoms with Crippen LogP contribution in [0.4, 0.5) is 10.5 Å². The first kappa shape index (κ1) is 15.8. The van der Waals surface area contributed by atoms with E-state index in [1.54, 1.807) is 0 Å². The van der Waals surface area contributed by atoms with Gasteiger partial charge in [-0.3, -0.25) is 0 Å². The minimum absolute atomic E-state index is 0.122. The number of rotatable bonds is 5. The first-order chi connectivity index (χ1) is 10.1. The highest BCUT2D eigenvalue weighted by atomic mass is 16.2. The second-order valence-electron chi connectivity index (χ2n) is 5.75. The minimum atomic E-state index is -0.122. The van der Waals surface area contributed by atoms with Crippen LogP contribution < -0.4 is 16.0 Å². The molecule has 5 nitrogen and oxygen atoms in total. The number of hydrogen-bond donors (Lipinski definition) is 3. The lowest BCUT2D eigenvalue weighted by Gasteiger charge is -2.16. The van der Waals surface area contributed by atoms with Gasteiger partial charge >= 0.3 is 6.03 Å². The number of carbonyl (C=O) groups excluding carboxylic acids is 1. The molecule has 2 unspecified atom stereocenters. The number of benzene rings is 1. The Morgan fingerprint density at radius 3 is 2.95 bits per heavy atom. The van der Waals surface area contributed by atoms with Crippen molar-refractivity contribution in [2.24, 2.45) is 0 Å². The van der Waals surface area contributed by atoms with E-state index in [4.69, 9.17) is 0 Å². The number of amides is 2. The van der Waals surface area contributed by atoms with Gasteiger partial charge in [-0.1, -0.05) is 19.1 Å². The second kappa shape index (κ2) is 7.43. The zero-order chi connectivity index (χ0) is 15.2. The molecule has 1 heterocycles. The standard InChI is InChI=1S/C16H26N4O/c1-4-17-12(2)13-6-5-7-14(10-13)18-16(21)19-15-8-9-20(3)11-15/h5-7,10,12,15,17H,4,8-9,11H2,1-3H3,(H2,18,19,21). The fourth-order valence-electron chi connectivity index (χ4n) is 2.72. The van der Waals surface area contributed by atoms with E-state index in [-0.39, 0.29) is 18.1 Å². The molecule has 0 spiro atoms. The lowest BCUT2D eigenvalue weighted by atomic mass is 10.1. The number of likely N-dealkylation sites (N-methyl/N-ethyl adjacent to an activating group) is 1. The molecule has 1 aromatic rings. The van der Waals surface area contributed by atoms with Crippen LogP contribution >= 0.6 is 0 Å². The molecule has 1 fully saturated rings. The Morgan fingerprint density at radius 2 is 2.29 bits per heavy atom. The second-order valence-corrected chi connectivity index (χ2v) is 5.75. The van der Waals surface area contributed by atoms with Crippen LogP contribution in [-0.4, -0.2) is 43.7 Å². The Morgan fingerprint density at radius 1 is 1.48 bits per heavy atom. The summed E-state index contributed by atoms with van der Waals surface area (Å²) in [6.07, 6.45) is 1.02. The molecule has 3 N–H and O–H groups in total. The Balaban J connectivity index is 1.90. The van der Waals surface area contributed by atoms with Crippen LogP contribution in [-0.2, 0) is 0 Å². The molecule has 1 aliphatic heterocycles. The van der Waals surface area contributed by atoms with Crippen molar-refractivity contribution >= 4 is 11.7 Å². The summed E-state index contributed by atoms with van der Waals surface area (Å²) in [6.45, 7) is 7.10. The smallest absolute Gasteiger partial charge is 0.319 e. The zero-order valence-corrected chi connectivity index (χ0v) is 13.1. The molecule has 1 aromatic carbocycles. The quantitative estimate of drug-likeness (QED) is 0.779. The van der Waals surface area contributed by atoms with Crippen molar-refractivity contribution in [1.82, 2.24) is 15.5 Å². The fraction of sp³-hybridized carbons (Fsp3) is 0.562. The molecule has 1 saturated heterocycles. The molecule has 5 heteroatoms. The van der Waals surface area contributed by atoms with Gasteiger partial charge in [-0.05, 0) is 51.2 Å². The maximum atomic E-state index is 12.0. The molecular weight excluding hydrogens is 264 g/mol. The van der Waals surface area contributed by atoms with E-state index in [9.17, 15) is 4.79 Å². The summed E-state index contributed by atoms with van der Waals surface area (Å²) in [5, 5.41) is 9.32. The van der Waals surface area contributed by atoms with Crippen LogP contribution in [0.25, 0.3) is 0 Å². The van der Waals surface area contributed by atoms with Gasteiger partial charge in [0, 0.05) is 24.3 Å². The third-order valence-corrected chi connectivity index (χ3v) is 3.88. The SMILES string of the molecule is CCNC(C)c1cccc(NC(=O)NC2CCN(C)C2)c1. The summed E-state index contributed by atoms with van der Waals surface area (Å²) in [5.74, 6) is 0. The van der Waals surface area contributed by atoms with Crippen molar-refractivity contribution in [3.63, 3.8) is 0 Å². The summed E-state index contributed by atoms with van der Waals surface area (Å²) in [7, 11) is 2.07. The van der Waals surface area contributed by atoms with Crippen molar-refractivity contribution in [2.45, 2.75) is 32.4 Å². The van der Waals surface area contributed by atoms with Gasteiger partial charge in [0.25, 0.3) is 0 Å². The molecule has 2 atom stereocenters.